The molecule has 1 heterocycles. The molecule has 1 rings (SSSR count). The molecule has 0 radical (unpaired) electrons. The van der Waals surface area contributed by atoms with Crippen molar-refractivity contribution >= 4 is 21.8 Å². The molecule has 0 aliphatic rings. The Morgan fingerprint density at radius 3 is 2.73 bits per heavy atom. The van der Waals surface area contributed by atoms with Crippen LogP contribution in [0, 0.1) is 0 Å². The molecule has 0 bridgehead atoms. The van der Waals surface area contributed by atoms with Gasteiger partial charge in [0.1, 0.15) is 5.69 Å². The van der Waals surface area contributed by atoms with Crippen LogP contribution in [0.2, 0.25) is 0 Å². The van der Waals surface area contributed by atoms with Crippen molar-refractivity contribution in [3.05, 3.63) is 18.0 Å². The number of aryl methyl sites for hydroxylation is 1. The summed E-state index contributed by atoms with van der Waals surface area (Å²) in [5, 5.41) is 4.89. The number of halogens is 1. The second-order valence-corrected chi connectivity index (χ2v) is 4.45. The van der Waals surface area contributed by atoms with E-state index in [2.05, 4.69) is 21.0 Å². The van der Waals surface area contributed by atoms with Gasteiger partial charge in [-0.2, -0.15) is 5.10 Å². The van der Waals surface area contributed by atoms with Crippen molar-refractivity contribution in [1.82, 2.24) is 14.7 Å². The number of hydrogen-bond donors (Lipinski definition) is 0. The van der Waals surface area contributed by atoms with Crippen LogP contribution >= 0.6 is 15.9 Å². The van der Waals surface area contributed by atoms with E-state index in [9.17, 15) is 4.79 Å². The van der Waals surface area contributed by atoms with Gasteiger partial charge in [0.15, 0.2) is 0 Å². The number of alkyl halides is 1. The Morgan fingerprint density at radius 2 is 2.33 bits per heavy atom. The van der Waals surface area contributed by atoms with Crippen molar-refractivity contribution < 1.29 is 4.79 Å². The van der Waals surface area contributed by atoms with Gasteiger partial charge in [0.2, 0.25) is 0 Å². The van der Waals surface area contributed by atoms with Gasteiger partial charge in [-0.15, -0.1) is 0 Å². The molecule has 4 nitrogen and oxygen atoms in total. The lowest BCUT2D eigenvalue weighted by Crippen LogP contribution is -2.38. The average Bonchev–Trinajstić information content (AvgIpc) is 2.59. The molecule has 0 N–H and O–H groups in total. The van der Waals surface area contributed by atoms with E-state index in [0.717, 1.165) is 5.33 Å². The molecule has 1 aromatic heterocycles. The minimum absolute atomic E-state index is 0.00921. The first-order valence-corrected chi connectivity index (χ1v) is 6.05. The van der Waals surface area contributed by atoms with E-state index in [-0.39, 0.29) is 11.9 Å². The molecule has 0 atom stereocenters. The quantitative estimate of drug-likeness (QED) is 0.783. The van der Waals surface area contributed by atoms with Gasteiger partial charge >= 0.3 is 0 Å². The molecule has 0 saturated carbocycles. The molecule has 0 spiro atoms. The minimum atomic E-state index is -0.00921. The Labute approximate surface area is 98.4 Å². The standard InChI is InChI=1S/C10H16BrN3O/c1-8(2)14(7-5-11)10(15)9-4-6-13(3)12-9/h4,6,8H,5,7H2,1-3H3. The molecule has 0 aromatic carbocycles. The number of aromatic nitrogens is 2. The monoisotopic (exact) mass is 273 g/mol. The third kappa shape index (κ3) is 3.06. The topological polar surface area (TPSA) is 38.1 Å². The molecule has 0 aliphatic heterocycles. The van der Waals surface area contributed by atoms with Gasteiger partial charge in [-0.3, -0.25) is 9.48 Å². The van der Waals surface area contributed by atoms with E-state index in [0.29, 0.717) is 12.2 Å². The zero-order chi connectivity index (χ0) is 11.4. The fourth-order valence-electron chi connectivity index (χ4n) is 1.36. The first kappa shape index (κ1) is 12.2. The van der Waals surface area contributed by atoms with E-state index in [1.807, 2.05) is 13.8 Å². The number of amides is 1. The van der Waals surface area contributed by atoms with Crippen LogP contribution < -0.4 is 0 Å². The van der Waals surface area contributed by atoms with Gasteiger partial charge in [-0.25, -0.2) is 0 Å². The summed E-state index contributed by atoms with van der Waals surface area (Å²) in [5.41, 5.74) is 0.507. The van der Waals surface area contributed by atoms with Gasteiger partial charge in [0.05, 0.1) is 0 Å². The molecule has 0 unspecified atom stereocenters. The Balaban J connectivity index is 2.80. The number of rotatable bonds is 4. The van der Waals surface area contributed by atoms with E-state index in [4.69, 9.17) is 0 Å². The zero-order valence-electron chi connectivity index (χ0n) is 9.27. The van der Waals surface area contributed by atoms with E-state index >= 15 is 0 Å². The van der Waals surface area contributed by atoms with Crippen molar-refractivity contribution in [3.63, 3.8) is 0 Å². The van der Waals surface area contributed by atoms with Crippen molar-refractivity contribution in [1.29, 1.82) is 0 Å². The lowest BCUT2D eigenvalue weighted by atomic mass is 10.3. The summed E-state index contributed by atoms with van der Waals surface area (Å²) in [5.74, 6) is -0.00921. The molecular formula is C10H16BrN3O. The summed E-state index contributed by atoms with van der Waals surface area (Å²) in [7, 11) is 1.81. The van der Waals surface area contributed by atoms with Crippen molar-refractivity contribution in [2.75, 3.05) is 11.9 Å². The Bertz CT molecular complexity index is 335. The summed E-state index contributed by atoms with van der Waals surface area (Å²) in [6.07, 6.45) is 1.78. The first-order valence-electron chi connectivity index (χ1n) is 4.93. The largest absolute Gasteiger partial charge is 0.334 e. The summed E-state index contributed by atoms with van der Waals surface area (Å²) < 4.78 is 1.64. The highest BCUT2D eigenvalue weighted by Crippen LogP contribution is 2.06. The van der Waals surface area contributed by atoms with Crippen LogP contribution in [0.1, 0.15) is 24.3 Å². The van der Waals surface area contributed by atoms with Crippen LogP contribution in [0.25, 0.3) is 0 Å². The highest BCUT2D eigenvalue weighted by Gasteiger charge is 2.19. The number of nitrogens with zero attached hydrogens (tertiary/aromatic N) is 3. The van der Waals surface area contributed by atoms with Crippen LogP contribution in [0.5, 0.6) is 0 Å². The normalized spacial score (nSPS) is 10.7. The third-order valence-corrected chi connectivity index (χ3v) is 2.50. The molecule has 1 amide bonds. The number of carbonyl (C=O) groups excluding carboxylic acids is 1. The van der Waals surface area contributed by atoms with Gasteiger partial charge in [-0.05, 0) is 19.9 Å². The van der Waals surface area contributed by atoms with E-state index in [1.165, 1.54) is 0 Å². The van der Waals surface area contributed by atoms with Crippen LogP contribution in [-0.2, 0) is 7.05 Å². The van der Waals surface area contributed by atoms with E-state index < -0.39 is 0 Å². The van der Waals surface area contributed by atoms with E-state index in [1.54, 1.807) is 28.9 Å². The maximum atomic E-state index is 12.0. The molecule has 0 fully saturated rings. The Morgan fingerprint density at radius 1 is 1.67 bits per heavy atom. The fraction of sp³-hybridized carbons (Fsp3) is 0.600. The van der Waals surface area contributed by atoms with Crippen molar-refractivity contribution in [3.8, 4) is 0 Å². The highest BCUT2D eigenvalue weighted by molar-refractivity contribution is 9.09. The lowest BCUT2D eigenvalue weighted by Gasteiger charge is -2.24. The summed E-state index contributed by atoms with van der Waals surface area (Å²) in [4.78, 5) is 13.8. The van der Waals surface area contributed by atoms with Crippen LogP contribution in [0.4, 0.5) is 0 Å². The maximum Gasteiger partial charge on any atom is 0.274 e. The van der Waals surface area contributed by atoms with Gasteiger partial charge in [-0.1, -0.05) is 15.9 Å². The molecule has 0 aliphatic carbocycles. The van der Waals surface area contributed by atoms with Crippen LogP contribution in [0.15, 0.2) is 12.3 Å². The highest BCUT2D eigenvalue weighted by atomic mass is 79.9. The first-order chi connectivity index (χ1) is 7.06. The predicted molar refractivity (Wildman–Crippen MR) is 63.2 cm³/mol. The molecule has 0 saturated heterocycles. The molecule has 1 aromatic rings. The van der Waals surface area contributed by atoms with Gasteiger partial charge in [0.25, 0.3) is 5.91 Å². The number of carbonyl (C=O) groups is 1. The fourth-order valence-corrected chi connectivity index (χ4v) is 1.74. The van der Waals surface area contributed by atoms with Crippen molar-refractivity contribution in [2.45, 2.75) is 19.9 Å². The SMILES string of the molecule is CC(C)N(CCBr)C(=O)c1ccn(C)n1. The zero-order valence-corrected chi connectivity index (χ0v) is 10.9. The van der Waals surface area contributed by atoms with Gasteiger partial charge in [0, 0.05) is 31.2 Å². The molecule has 15 heavy (non-hydrogen) atoms. The minimum Gasteiger partial charge on any atom is -0.334 e. The second kappa shape index (κ2) is 5.30. The smallest absolute Gasteiger partial charge is 0.274 e. The lowest BCUT2D eigenvalue weighted by molar-refractivity contribution is 0.0712. The predicted octanol–water partition coefficient (Wildman–Crippen LogP) is 1.67. The van der Waals surface area contributed by atoms with Crippen LogP contribution in [-0.4, -0.2) is 38.5 Å². The van der Waals surface area contributed by atoms with Crippen molar-refractivity contribution in [2.24, 2.45) is 7.05 Å². The summed E-state index contributed by atoms with van der Waals surface area (Å²) in [6.45, 7) is 4.71. The average molecular weight is 274 g/mol. The molecular weight excluding hydrogens is 258 g/mol. The Hall–Kier alpha value is -0.840. The summed E-state index contributed by atoms with van der Waals surface area (Å²) in [6, 6.07) is 1.93. The maximum absolute atomic E-state index is 12.0. The summed E-state index contributed by atoms with van der Waals surface area (Å²) >= 11 is 3.34. The molecule has 84 valence electrons. The third-order valence-electron chi connectivity index (χ3n) is 2.14. The Kier molecular flexibility index (Phi) is 4.32. The number of hydrogen-bond acceptors (Lipinski definition) is 2. The van der Waals surface area contributed by atoms with Crippen LogP contribution in [0.3, 0.4) is 0 Å². The molecule has 5 heteroatoms. The second-order valence-electron chi connectivity index (χ2n) is 3.66. The van der Waals surface area contributed by atoms with Gasteiger partial charge < -0.3 is 4.90 Å².